The van der Waals surface area contributed by atoms with E-state index in [1.54, 1.807) is 24.3 Å². The number of hydrogen-bond acceptors (Lipinski definition) is 9. The van der Waals surface area contributed by atoms with Crippen molar-refractivity contribution < 1.29 is 10.9 Å². The van der Waals surface area contributed by atoms with Crippen LogP contribution in [0.25, 0.3) is 0 Å². The van der Waals surface area contributed by atoms with Crippen molar-refractivity contribution in [3.8, 4) is 5.75 Å². The Bertz CT molecular complexity index is 1060. The number of hydrogen-bond donors (Lipinski definition) is 4. The lowest BCUT2D eigenvalue weighted by molar-refractivity contribution is 0.242. The number of nitrogens with two attached hydrogens (primary N) is 1. The van der Waals surface area contributed by atoms with Crippen LogP contribution >= 0.6 is 0 Å². The van der Waals surface area contributed by atoms with E-state index in [4.69, 9.17) is 31.4 Å². The average molecular weight is 453 g/mol. The van der Waals surface area contributed by atoms with Gasteiger partial charge in [-0.1, -0.05) is 0 Å². The maximum atomic E-state index is 8.68. The van der Waals surface area contributed by atoms with E-state index in [1.165, 1.54) is 6.33 Å². The third-order valence-corrected chi connectivity index (χ3v) is 5.62. The molecule has 1 aromatic heterocycles. The molecule has 2 aliphatic rings. The maximum Gasteiger partial charge on any atom is 0.291 e. The van der Waals surface area contributed by atoms with Gasteiger partial charge in [0.05, 0.1) is 17.5 Å². The lowest BCUT2D eigenvalue weighted by Crippen LogP contribution is -2.49. The molecule has 1 aliphatic carbocycles. The first kappa shape index (κ1) is 22.5. The van der Waals surface area contributed by atoms with Crippen LogP contribution in [0.15, 0.2) is 30.6 Å². The van der Waals surface area contributed by atoms with E-state index >= 15 is 0 Å². The molecule has 0 spiro atoms. The van der Waals surface area contributed by atoms with Crippen LogP contribution in [0.1, 0.15) is 39.4 Å². The molecule has 2 heterocycles. The highest BCUT2D eigenvalue weighted by atomic mass is 16.5. The fourth-order valence-electron chi connectivity index (χ4n) is 3.63. The molecule has 1 saturated heterocycles. The van der Waals surface area contributed by atoms with Gasteiger partial charge in [-0.3, -0.25) is 16.2 Å². The summed E-state index contributed by atoms with van der Waals surface area (Å²) < 4.78 is 11.1. The Morgan fingerprint density at radius 3 is 2.48 bits per heavy atom. The zero-order valence-electron chi connectivity index (χ0n) is 19.0. The van der Waals surface area contributed by atoms with E-state index in [-0.39, 0.29) is 31.1 Å². The van der Waals surface area contributed by atoms with Gasteiger partial charge in [0.25, 0.3) is 6.02 Å². The zero-order chi connectivity index (χ0) is 23.5. The van der Waals surface area contributed by atoms with Crippen LogP contribution in [-0.4, -0.2) is 64.8 Å². The Balaban J connectivity index is 0.00000324. The first-order valence-corrected chi connectivity index (χ1v) is 11.1. The van der Waals surface area contributed by atoms with Crippen molar-refractivity contribution >= 4 is 29.1 Å². The fourth-order valence-corrected chi connectivity index (χ4v) is 3.63. The molecule has 2 aromatic rings. The summed E-state index contributed by atoms with van der Waals surface area (Å²) in [6.07, 6.45) is 3.43. The van der Waals surface area contributed by atoms with Gasteiger partial charge in [-0.15, -0.1) is 0 Å². The zero-order valence-corrected chi connectivity index (χ0v) is 19.0. The van der Waals surface area contributed by atoms with Crippen LogP contribution < -0.4 is 15.4 Å². The summed E-state index contributed by atoms with van der Waals surface area (Å²) in [6.45, 7) is 6.37. The maximum absolute atomic E-state index is 8.68. The topological polar surface area (TPSA) is 148 Å². The minimum absolute atomic E-state index is 0. The number of nitrogens with zero attached hydrogens (tertiary/aromatic N) is 4. The van der Waals surface area contributed by atoms with Gasteiger partial charge in [0.1, 0.15) is 17.9 Å². The third kappa shape index (κ3) is 5.39. The highest BCUT2D eigenvalue weighted by Crippen LogP contribution is 2.30. The lowest BCUT2D eigenvalue weighted by atomic mass is 10.0. The van der Waals surface area contributed by atoms with Crippen LogP contribution in [-0.2, 0) is 4.74 Å². The van der Waals surface area contributed by atoms with Crippen molar-refractivity contribution in [2.24, 2.45) is 5.92 Å². The molecule has 1 aromatic carbocycles. The minimum atomic E-state index is 0. The van der Waals surface area contributed by atoms with Crippen molar-refractivity contribution in [3.05, 3.63) is 41.9 Å². The van der Waals surface area contributed by atoms with Crippen LogP contribution in [0.4, 0.5) is 11.5 Å². The van der Waals surface area contributed by atoms with Gasteiger partial charge < -0.3 is 25.0 Å². The second-order valence-corrected chi connectivity index (χ2v) is 8.57. The summed E-state index contributed by atoms with van der Waals surface area (Å²) in [5.41, 5.74) is 7.87. The standard InChI is InChI=1S/C23H30N8O2.H2/c1-14(2)32-16-5-6-18(24)17(11-16)21(25)19-12-20(29-13-28-19)30-7-9-31(10-8-30)23(27)33-22(26)15-3-4-15;/h5-6,11-15,25-27H,3-4,7-10,24H2,1-2H3;1H. The first-order chi connectivity index (χ1) is 15.8. The molecule has 0 radical (unpaired) electrons. The molecule has 4 rings (SSSR count). The summed E-state index contributed by atoms with van der Waals surface area (Å²) in [5, 5.41) is 24.7. The quantitative estimate of drug-likeness (QED) is 0.299. The highest BCUT2D eigenvalue weighted by molar-refractivity contribution is 6.13. The van der Waals surface area contributed by atoms with E-state index in [2.05, 4.69) is 14.9 Å². The van der Waals surface area contributed by atoms with E-state index in [0.29, 0.717) is 48.9 Å². The smallest absolute Gasteiger partial charge is 0.291 e. The lowest BCUT2D eigenvalue weighted by Gasteiger charge is -2.35. The SMILES string of the molecule is CC(C)Oc1ccc(N)c(C(=N)c2cc(N3CCN(C(=N)OC(=N)C4CC4)CC3)ncn2)c1.[HH]. The predicted octanol–water partition coefficient (Wildman–Crippen LogP) is 2.97. The predicted molar refractivity (Wildman–Crippen MR) is 130 cm³/mol. The van der Waals surface area contributed by atoms with Gasteiger partial charge in [-0.2, -0.15) is 0 Å². The first-order valence-electron chi connectivity index (χ1n) is 11.1. The molecule has 33 heavy (non-hydrogen) atoms. The van der Waals surface area contributed by atoms with Gasteiger partial charge in [0.15, 0.2) is 5.90 Å². The Morgan fingerprint density at radius 1 is 1.09 bits per heavy atom. The number of piperazine rings is 1. The van der Waals surface area contributed by atoms with E-state index in [0.717, 1.165) is 18.7 Å². The van der Waals surface area contributed by atoms with Crippen molar-refractivity contribution in [2.45, 2.75) is 32.8 Å². The van der Waals surface area contributed by atoms with Crippen molar-refractivity contribution in [1.82, 2.24) is 14.9 Å². The number of nitrogen functional groups attached to an aromatic ring is 1. The molecule has 0 atom stereocenters. The summed E-state index contributed by atoms with van der Waals surface area (Å²) in [5.74, 6) is 1.76. The Hall–Kier alpha value is -3.69. The number of benzene rings is 1. The van der Waals surface area contributed by atoms with Crippen LogP contribution in [0, 0.1) is 22.1 Å². The Morgan fingerprint density at radius 2 is 1.82 bits per heavy atom. The number of nitrogens with one attached hydrogen (secondary N) is 3. The van der Waals surface area contributed by atoms with Gasteiger partial charge in [0.2, 0.25) is 0 Å². The molecule has 1 saturated carbocycles. The molecule has 0 amide bonds. The second kappa shape index (κ2) is 9.43. The summed E-state index contributed by atoms with van der Waals surface area (Å²) in [4.78, 5) is 12.6. The van der Waals surface area contributed by atoms with Crippen LogP contribution in [0.5, 0.6) is 5.75 Å². The summed E-state index contributed by atoms with van der Waals surface area (Å²) in [7, 11) is 0. The number of anilines is 2. The van der Waals surface area contributed by atoms with Crippen molar-refractivity contribution in [3.63, 3.8) is 0 Å². The molecule has 5 N–H and O–H groups in total. The normalized spacial score (nSPS) is 16.0. The number of aromatic nitrogens is 2. The highest BCUT2D eigenvalue weighted by Gasteiger charge is 2.30. The van der Waals surface area contributed by atoms with Gasteiger partial charge >= 0.3 is 0 Å². The molecule has 176 valence electrons. The Kier molecular flexibility index (Phi) is 6.43. The van der Waals surface area contributed by atoms with Crippen LogP contribution in [0.2, 0.25) is 0 Å². The average Bonchev–Trinajstić information content (AvgIpc) is 3.65. The molecule has 10 heteroatoms. The monoisotopic (exact) mass is 452 g/mol. The number of amidine groups is 1. The van der Waals surface area contributed by atoms with E-state index in [1.807, 2.05) is 18.7 Å². The summed E-state index contributed by atoms with van der Waals surface area (Å²) >= 11 is 0. The van der Waals surface area contributed by atoms with Gasteiger partial charge in [-0.25, -0.2) is 9.97 Å². The molecular formula is C23H32N8O2. The fraction of sp³-hybridized carbons (Fsp3) is 0.435. The van der Waals surface area contributed by atoms with Gasteiger partial charge in [0, 0.05) is 50.8 Å². The van der Waals surface area contributed by atoms with Gasteiger partial charge in [-0.05, 0) is 44.9 Å². The second-order valence-electron chi connectivity index (χ2n) is 8.57. The number of ether oxygens (including phenoxy) is 2. The third-order valence-electron chi connectivity index (χ3n) is 5.62. The number of rotatable bonds is 6. The molecule has 2 fully saturated rings. The molecule has 0 unspecified atom stereocenters. The molecule has 1 aliphatic heterocycles. The minimum Gasteiger partial charge on any atom is -0.491 e. The largest absolute Gasteiger partial charge is 0.491 e. The van der Waals surface area contributed by atoms with Crippen LogP contribution in [0.3, 0.4) is 0 Å². The summed E-state index contributed by atoms with van der Waals surface area (Å²) in [6, 6.07) is 7.13. The van der Waals surface area contributed by atoms with Crippen molar-refractivity contribution in [2.75, 3.05) is 36.8 Å². The Labute approximate surface area is 194 Å². The molecule has 10 nitrogen and oxygen atoms in total. The molecular weight excluding hydrogens is 420 g/mol. The van der Waals surface area contributed by atoms with E-state index in [9.17, 15) is 0 Å². The van der Waals surface area contributed by atoms with E-state index < -0.39 is 0 Å². The van der Waals surface area contributed by atoms with Crippen molar-refractivity contribution in [1.29, 1.82) is 16.2 Å². The molecule has 0 bridgehead atoms.